The van der Waals surface area contributed by atoms with Crippen molar-refractivity contribution in [1.82, 2.24) is 4.90 Å². The first-order chi connectivity index (χ1) is 8.65. The lowest BCUT2D eigenvalue weighted by molar-refractivity contribution is 0.286. The average Bonchev–Trinajstić information content (AvgIpc) is 2.39. The second kappa shape index (κ2) is 7.24. The van der Waals surface area contributed by atoms with Crippen LogP contribution in [0, 0.1) is 6.92 Å². The minimum absolute atomic E-state index is 0.681. The van der Waals surface area contributed by atoms with E-state index in [1.165, 1.54) is 11.1 Å². The molecule has 0 aromatic heterocycles. The van der Waals surface area contributed by atoms with Gasteiger partial charge in [-0.3, -0.25) is 4.90 Å². The van der Waals surface area contributed by atoms with Gasteiger partial charge in [-0.15, -0.1) is 0 Å². The summed E-state index contributed by atoms with van der Waals surface area (Å²) in [7, 11) is 3.32. The van der Waals surface area contributed by atoms with Crippen LogP contribution in [-0.2, 0) is 6.54 Å². The summed E-state index contributed by atoms with van der Waals surface area (Å²) in [4.78, 5) is 2.31. The molecule has 1 aromatic rings. The summed E-state index contributed by atoms with van der Waals surface area (Å²) in [6, 6.07) is 4.07. The number of hydrogen-bond acceptors (Lipinski definition) is 4. The maximum atomic E-state index is 5.61. The molecule has 18 heavy (non-hydrogen) atoms. The Morgan fingerprint density at radius 2 is 1.78 bits per heavy atom. The monoisotopic (exact) mass is 252 g/mol. The molecule has 0 aliphatic rings. The van der Waals surface area contributed by atoms with Crippen LogP contribution in [0.3, 0.4) is 0 Å². The van der Waals surface area contributed by atoms with E-state index in [1.807, 2.05) is 12.1 Å². The van der Waals surface area contributed by atoms with Gasteiger partial charge in [0, 0.05) is 19.6 Å². The third kappa shape index (κ3) is 3.62. The molecule has 4 nitrogen and oxygen atoms in total. The predicted molar refractivity (Wildman–Crippen MR) is 74.3 cm³/mol. The molecule has 0 heterocycles. The molecule has 0 aliphatic carbocycles. The zero-order valence-corrected chi connectivity index (χ0v) is 11.8. The summed E-state index contributed by atoms with van der Waals surface area (Å²) in [6.07, 6.45) is 0. The summed E-state index contributed by atoms with van der Waals surface area (Å²) < 4.78 is 10.6. The fourth-order valence-corrected chi connectivity index (χ4v) is 1.97. The van der Waals surface area contributed by atoms with Crippen molar-refractivity contribution in [2.45, 2.75) is 20.4 Å². The molecule has 0 amide bonds. The molecule has 0 spiro atoms. The van der Waals surface area contributed by atoms with Gasteiger partial charge in [-0.1, -0.05) is 6.92 Å². The molecule has 0 unspecified atom stereocenters. The molecule has 0 saturated heterocycles. The van der Waals surface area contributed by atoms with E-state index in [9.17, 15) is 0 Å². The molecular formula is C14H24N2O2. The first-order valence-corrected chi connectivity index (χ1v) is 6.30. The topological polar surface area (TPSA) is 47.7 Å². The van der Waals surface area contributed by atoms with Crippen LogP contribution in [0.25, 0.3) is 0 Å². The van der Waals surface area contributed by atoms with E-state index in [2.05, 4.69) is 18.7 Å². The fourth-order valence-electron chi connectivity index (χ4n) is 1.97. The molecule has 2 N–H and O–H groups in total. The van der Waals surface area contributed by atoms with Gasteiger partial charge in [0.25, 0.3) is 0 Å². The van der Waals surface area contributed by atoms with Gasteiger partial charge < -0.3 is 15.2 Å². The highest BCUT2D eigenvalue weighted by atomic mass is 16.5. The van der Waals surface area contributed by atoms with Crippen LogP contribution in [0.4, 0.5) is 0 Å². The lowest BCUT2D eigenvalue weighted by atomic mass is 10.1. The fraction of sp³-hybridized carbons (Fsp3) is 0.571. The maximum Gasteiger partial charge on any atom is 0.161 e. The van der Waals surface area contributed by atoms with Gasteiger partial charge in [0.1, 0.15) is 0 Å². The van der Waals surface area contributed by atoms with Crippen molar-refractivity contribution in [1.29, 1.82) is 0 Å². The smallest absolute Gasteiger partial charge is 0.161 e. The van der Waals surface area contributed by atoms with Gasteiger partial charge in [0.2, 0.25) is 0 Å². The van der Waals surface area contributed by atoms with Gasteiger partial charge in [0.05, 0.1) is 14.2 Å². The lowest BCUT2D eigenvalue weighted by Crippen LogP contribution is -2.29. The molecule has 0 saturated carbocycles. The van der Waals surface area contributed by atoms with E-state index in [0.717, 1.165) is 31.1 Å². The third-order valence-electron chi connectivity index (χ3n) is 3.13. The highest BCUT2D eigenvalue weighted by molar-refractivity contribution is 5.47. The second-order valence-corrected chi connectivity index (χ2v) is 4.29. The Labute approximate surface area is 110 Å². The van der Waals surface area contributed by atoms with Gasteiger partial charge in [0.15, 0.2) is 11.5 Å². The Bertz CT molecular complexity index is 380. The number of rotatable bonds is 7. The molecule has 0 radical (unpaired) electrons. The van der Waals surface area contributed by atoms with Crippen LogP contribution in [0.1, 0.15) is 18.1 Å². The number of nitrogens with zero attached hydrogens (tertiary/aromatic N) is 1. The van der Waals surface area contributed by atoms with Crippen molar-refractivity contribution >= 4 is 0 Å². The summed E-state index contributed by atoms with van der Waals surface area (Å²) in [5, 5.41) is 0. The average molecular weight is 252 g/mol. The van der Waals surface area contributed by atoms with Crippen LogP contribution < -0.4 is 15.2 Å². The van der Waals surface area contributed by atoms with Crippen LogP contribution in [0.5, 0.6) is 11.5 Å². The van der Waals surface area contributed by atoms with Crippen molar-refractivity contribution in [2.75, 3.05) is 33.9 Å². The van der Waals surface area contributed by atoms with Gasteiger partial charge >= 0.3 is 0 Å². The Morgan fingerprint density at radius 3 is 2.28 bits per heavy atom. The highest BCUT2D eigenvalue weighted by Gasteiger charge is 2.11. The molecule has 102 valence electrons. The second-order valence-electron chi connectivity index (χ2n) is 4.29. The SMILES string of the molecule is CCN(CCN)Cc1cc(OC)c(OC)cc1C. The summed E-state index contributed by atoms with van der Waals surface area (Å²) in [5.74, 6) is 1.56. The number of likely N-dealkylation sites (N-methyl/N-ethyl adjacent to an activating group) is 1. The molecule has 0 aliphatic heterocycles. The van der Waals surface area contributed by atoms with Crippen molar-refractivity contribution in [3.63, 3.8) is 0 Å². The van der Waals surface area contributed by atoms with Crippen LogP contribution in [0.2, 0.25) is 0 Å². The normalized spacial score (nSPS) is 10.8. The summed E-state index contributed by atoms with van der Waals surface area (Å²) >= 11 is 0. The minimum Gasteiger partial charge on any atom is -0.493 e. The largest absolute Gasteiger partial charge is 0.493 e. The van der Waals surface area contributed by atoms with E-state index >= 15 is 0 Å². The Morgan fingerprint density at radius 1 is 1.17 bits per heavy atom. The molecule has 0 fully saturated rings. The number of ether oxygens (including phenoxy) is 2. The molecular weight excluding hydrogens is 228 g/mol. The number of hydrogen-bond donors (Lipinski definition) is 1. The Kier molecular flexibility index (Phi) is 5.95. The zero-order valence-electron chi connectivity index (χ0n) is 11.8. The van der Waals surface area contributed by atoms with E-state index in [1.54, 1.807) is 14.2 Å². The molecule has 4 heteroatoms. The quantitative estimate of drug-likeness (QED) is 0.804. The molecule has 1 rings (SSSR count). The van der Waals surface area contributed by atoms with E-state index in [0.29, 0.717) is 6.54 Å². The first kappa shape index (κ1) is 14.8. The summed E-state index contributed by atoms with van der Waals surface area (Å²) in [6.45, 7) is 7.70. The Hall–Kier alpha value is -1.26. The van der Waals surface area contributed by atoms with E-state index < -0.39 is 0 Å². The molecule has 0 atom stereocenters. The minimum atomic E-state index is 0.681. The lowest BCUT2D eigenvalue weighted by Gasteiger charge is -2.21. The summed E-state index contributed by atoms with van der Waals surface area (Å²) in [5.41, 5.74) is 8.08. The highest BCUT2D eigenvalue weighted by Crippen LogP contribution is 2.30. The standard InChI is InChI=1S/C14H24N2O2/c1-5-16(7-6-15)10-12-9-14(18-4)13(17-3)8-11(12)2/h8-9H,5-7,10,15H2,1-4H3. The van der Waals surface area contributed by atoms with Crippen LogP contribution in [-0.4, -0.2) is 38.8 Å². The maximum absolute atomic E-state index is 5.61. The number of nitrogens with two attached hydrogens (primary N) is 1. The predicted octanol–water partition coefficient (Wildman–Crippen LogP) is 1.79. The number of methoxy groups -OCH3 is 2. The van der Waals surface area contributed by atoms with Gasteiger partial charge in [-0.25, -0.2) is 0 Å². The Balaban J connectivity index is 2.94. The van der Waals surface area contributed by atoms with E-state index in [-0.39, 0.29) is 0 Å². The number of aryl methyl sites for hydroxylation is 1. The van der Waals surface area contributed by atoms with Crippen molar-refractivity contribution in [2.24, 2.45) is 5.73 Å². The molecule has 0 bridgehead atoms. The van der Waals surface area contributed by atoms with Crippen molar-refractivity contribution < 1.29 is 9.47 Å². The van der Waals surface area contributed by atoms with E-state index in [4.69, 9.17) is 15.2 Å². The number of benzene rings is 1. The van der Waals surface area contributed by atoms with Crippen LogP contribution >= 0.6 is 0 Å². The van der Waals surface area contributed by atoms with Crippen molar-refractivity contribution in [3.05, 3.63) is 23.3 Å². The van der Waals surface area contributed by atoms with Gasteiger partial charge in [-0.2, -0.15) is 0 Å². The first-order valence-electron chi connectivity index (χ1n) is 6.30. The van der Waals surface area contributed by atoms with Crippen molar-refractivity contribution in [3.8, 4) is 11.5 Å². The van der Waals surface area contributed by atoms with Gasteiger partial charge in [-0.05, 0) is 36.7 Å². The molecule has 1 aromatic carbocycles. The third-order valence-corrected chi connectivity index (χ3v) is 3.13. The van der Waals surface area contributed by atoms with Crippen LogP contribution in [0.15, 0.2) is 12.1 Å². The zero-order chi connectivity index (χ0) is 13.5.